The van der Waals surface area contributed by atoms with Crippen LogP contribution in [0.2, 0.25) is 0 Å². The van der Waals surface area contributed by atoms with Crippen LogP contribution in [0.5, 0.6) is 0 Å². The Labute approximate surface area is 148 Å². The summed E-state index contributed by atoms with van der Waals surface area (Å²) in [4.78, 5) is 23.5. The van der Waals surface area contributed by atoms with Crippen molar-refractivity contribution in [3.8, 4) is 0 Å². The maximum Gasteiger partial charge on any atom is 0.270 e. The maximum atomic E-state index is 12.1. The molecule has 0 aliphatic carbocycles. The first-order valence-electron chi connectivity index (χ1n) is 8.75. The second kappa shape index (κ2) is 7.51. The Hall–Kier alpha value is -2.63. The smallest absolute Gasteiger partial charge is 0.270 e. The van der Waals surface area contributed by atoms with Gasteiger partial charge in [-0.2, -0.15) is 0 Å². The third kappa shape index (κ3) is 3.90. The lowest BCUT2D eigenvalue weighted by molar-refractivity contribution is 0.0940. The Morgan fingerprint density at radius 1 is 1.24 bits per heavy atom. The number of anilines is 2. The van der Waals surface area contributed by atoms with E-state index in [0.717, 1.165) is 30.9 Å². The van der Waals surface area contributed by atoms with Crippen LogP contribution in [0, 0.1) is 0 Å². The zero-order valence-electron chi connectivity index (χ0n) is 15.0. The van der Waals surface area contributed by atoms with E-state index in [1.165, 1.54) is 5.69 Å². The van der Waals surface area contributed by atoms with Crippen LogP contribution in [-0.4, -0.2) is 42.6 Å². The number of fused-ring (bicyclic) bond motifs is 1. The zero-order chi connectivity index (χ0) is 17.8. The monoisotopic (exact) mass is 339 g/mol. The fourth-order valence-electron chi connectivity index (χ4n) is 2.87. The van der Waals surface area contributed by atoms with Gasteiger partial charge in [0.05, 0.1) is 0 Å². The van der Waals surface area contributed by atoms with Crippen LogP contribution in [0.4, 0.5) is 11.5 Å². The minimum atomic E-state index is -0.102. The van der Waals surface area contributed by atoms with E-state index in [-0.39, 0.29) is 11.8 Å². The van der Waals surface area contributed by atoms with Crippen LogP contribution < -0.4 is 15.5 Å². The molecule has 1 aliphatic rings. The highest BCUT2D eigenvalue weighted by atomic mass is 16.1. The minimum Gasteiger partial charge on any atom is -0.373 e. The number of carbonyl (C=O) groups is 1. The van der Waals surface area contributed by atoms with Gasteiger partial charge >= 0.3 is 0 Å². The number of likely N-dealkylation sites (N-methyl/N-ethyl adjacent to an activating group) is 1. The van der Waals surface area contributed by atoms with E-state index in [0.29, 0.717) is 18.1 Å². The van der Waals surface area contributed by atoms with Crippen LogP contribution in [0.1, 0.15) is 41.6 Å². The molecule has 0 saturated carbocycles. The third-order valence-corrected chi connectivity index (χ3v) is 4.35. The van der Waals surface area contributed by atoms with Gasteiger partial charge in [-0.15, -0.1) is 0 Å². The lowest BCUT2D eigenvalue weighted by Gasteiger charge is -2.23. The van der Waals surface area contributed by atoms with Gasteiger partial charge in [0.25, 0.3) is 5.91 Å². The van der Waals surface area contributed by atoms with Gasteiger partial charge in [-0.3, -0.25) is 4.79 Å². The van der Waals surface area contributed by atoms with Crippen molar-refractivity contribution in [1.29, 1.82) is 0 Å². The summed E-state index contributed by atoms with van der Waals surface area (Å²) in [6, 6.07) is 10.3. The number of nitrogens with zero attached hydrogens (tertiary/aromatic N) is 3. The predicted molar refractivity (Wildman–Crippen MR) is 100 cm³/mol. The number of nitrogens with one attached hydrogen (secondary N) is 2. The Bertz CT molecular complexity index is 745. The lowest BCUT2D eigenvalue weighted by atomic mass is 10.1. The summed E-state index contributed by atoms with van der Waals surface area (Å²) in [5.74, 6) is 1.57. The summed E-state index contributed by atoms with van der Waals surface area (Å²) in [5, 5.41) is 6.28. The molecule has 6 heteroatoms. The number of benzene rings is 1. The van der Waals surface area contributed by atoms with Crippen LogP contribution >= 0.6 is 0 Å². The van der Waals surface area contributed by atoms with E-state index in [1.807, 2.05) is 32.0 Å². The molecule has 6 nitrogen and oxygen atoms in total. The molecule has 3 rings (SSSR count). The molecular formula is C19H25N5O. The number of para-hydroxylation sites is 1. The molecule has 1 amide bonds. The summed E-state index contributed by atoms with van der Waals surface area (Å²) < 4.78 is 0. The summed E-state index contributed by atoms with van der Waals surface area (Å²) in [6.45, 7) is 6.29. The molecule has 0 unspecified atom stereocenters. The van der Waals surface area contributed by atoms with Gasteiger partial charge in [0.1, 0.15) is 17.3 Å². The van der Waals surface area contributed by atoms with Crippen molar-refractivity contribution in [3.63, 3.8) is 0 Å². The lowest BCUT2D eigenvalue weighted by Crippen LogP contribution is -2.34. The molecule has 2 heterocycles. The molecule has 0 bridgehead atoms. The average Bonchev–Trinajstić information content (AvgIpc) is 2.62. The fourth-order valence-corrected chi connectivity index (χ4v) is 2.87. The quantitative estimate of drug-likeness (QED) is 0.846. The molecule has 0 fully saturated rings. The van der Waals surface area contributed by atoms with Gasteiger partial charge in [-0.25, -0.2) is 9.97 Å². The van der Waals surface area contributed by atoms with E-state index in [1.54, 1.807) is 0 Å². The SMILES string of the molecule is CC(C)c1nc(NCCN(C)c2ccccc2)c2c(n1)C(=O)NCC2. The van der Waals surface area contributed by atoms with Crippen LogP contribution in [-0.2, 0) is 6.42 Å². The van der Waals surface area contributed by atoms with Crippen molar-refractivity contribution in [2.24, 2.45) is 0 Å². The molecule has 25 heavy (non-hydrogen) atoms. The van der Waals surface area contributed by atoms with Crippen molar-refractivity contribution in [2.75, 3.05) is 36.9 Å². The second-order valence-electron chi connectivity index (χ2n) is 6.60. The molecule has 1 aliphatic heterocycles. The molecular weight excluding hydrogens is 314 g/mol. The topological polar surface area (TPSA) is 70.2 Å². The summed E-state index contributed by atoms with van der Waals surface area (Å²) >= 11 is 0. The van der Waals surface area contributed by atoms with Gasteiger partial charge in [-0.05, 0) is 18.6 Å². The van der Waals surface area contributed by atoms with E-state index in [9.17, 15) is 4.79 Å². The molecule has 0 saturated heterocycles. The van der Waals surface area contributed by atoms with Gasteiger partial charge < -0.3 is 15.5 Å². The summed E-state index contributed by atoms with van der Waals surface area (Å²) in [7, 11) is 2.07. The Morgan fingerprint density at radius 2 is 2.00 bits per heavy atom. The Morgan fingerprint density at radius 3 is 2.72 bits per heavy atom. The highest BCUT2D eigenvalue weighted by Crippen LogP contribution is 2.23. The van der Waals surface area contributed by atoms with Crippen LogP contribution in [0.25, 0.3) is 0 Å². The van der Waals surface area contributed by atoms with E-state index < -0.39 is 0 Å². The molecule has 0 atom stereocenters. The molecule has 0 radical (unpaired) electrons. The number of rotatable bonds is 6. The number of carbonyl (C=O) groups excluding carboxylic acids is 1. The van der Waals surface area contributed by atoms with E-state index in [2.05, 4.69) is 44.7 Å². The molecule has 2 N–H and O–H groups in total. The standard InChI is InChI=1S/C19H25N5O/c1-13(2)17-22-16-15(9-10-21-19(16)25)18(23-17)20-11-12-24(3)14-7-5-4-6-8-14/h4-8,13H,9-12H2,1-3H3,(H,21,25)(H,20,22,23). The van der Waals surface area contributed by atoms with Crippen molar-refractivity contribution in [2.45, 2.75) is 26.2 Å². The number of hydrogen-bond donors (Lipinski definition) is 2. The predicted octanol–water partition coefficient (Wildman–Crippen LogP) is 2.43. The van der Waals surface area contributed by atoms with E-state index >= 15 is 0 Å². The van der Waals surface area contributed by atoms with Crippen LogP contribution in [0.3, 0.4) is 0 Å². The fraction of sp³-hybridized carbons (Fsp3) is 0.421. The summed E-state index contributed by atoms with van der Waals surface area (Å²) in [5.41, 5.74) is 2.62. The van der Waals surface area contributed by atoms with Gasteiger partial charge in [0.2, 0.25) is 0 Å². The second-order valence-corrected chi connectivity index (χ2v) is 6.60. The average molecular weight is 339 g/mol. The molecule has 1 aromatic heterocycles. The van der Waals surface area contributed by atoms with E-state index in [4.69, 9.17) is 0 Å². The van der Waals surface area contributed by atoms with Crippen molar-refractivity contribution < 1.29 is 4.79 Å². The maximum absolute atomic E-state index is 12.1. The Balaban J connectivity index is 1.74. The molecule has 2 aromatic rings. The minimum absolute atomic E-state index is 0.102. The Kier molecular flexibility index (Phi) is 5.16. The normalized spacial score (nSPS) is 13.4. The summed E-state index contributed by atoms with van der Waals surface area (Å²) in [6.07, 6.45) is 0.760. The van der Waals surface area contributed by atoms with Crippen molar-refractivity contribution in [1.82, 2.24) is 15.3 Å². The van der Waals surface area contributed by atoms with Gasteiger partial charge in [0, 0.05) is 43.9 Å². The first-order chi connectivity index (χ1) is 12.1. The zero-order valence-corrected chi connectivity index (χ0v) is 15.0. The third-order valence-electron chi connectivity index (χ3n) is 4.35. The first-order valence-corrected chi connectivity index (χ1v) is 8.75. The first kappa shape index (κ1) is 17.2. The number of aromatic nitrogens is 2. The largest absolute Gasteiger partial charge is 0.373 e. The molecule has 132 valence electrons. The highest BCUT2D eigenvalue weighted by Gasteiger charge is 2.24. The van der Waals surface area contributed by atoms with Crippen molar-refractivity contribution in [3.05, 3.63) is 47.4 Å². The molecule has 0 spiro atoms. The number of hydrogen-bond acceptors (Lipinski definition) is 5. The molecule has 1 aromatic carbocycles. The van der Waals surface area contributed by atoms with Gasteiger partial charge in [-0.1, -0.05) is 32.0 Å². The number of amides is 1. The van der Waals surface area contributed by atoms with Crippen LogP contribution in [0.15, 0.2) is 30.3 Å². The highest BCUT2D eigenvalue weighted by molar-refractivity contribution is 5.96. The van der Waals surface area contributed by atoms with Gasteiger partial charge in [0.15, 0.2) is 0 Å². The van der Waals surface area contributed by atoms with Crippen molar-refractivity contribution >= 4 is 17.4 Å².